The van der Waals surface area contributed by atoms with Gasteiger partial charge in [0.1, 0.15) is 0 Å². The second kappa shape index (κ2) is 6.72. The lowest BCUT2D eigenvalue weighted by Crippen LogP contribution is -2.11. The summed E-state index contributed by atoms with van der Waals surface area (Å²) in [5.41, 5.74) is 0. The summed E-state index contributed by atoms with van der Waals surface area (Å²) in [6.07, 6.45) is 8.88. The van der Waals surface area contributed by atoms with Gasteiger partial charge in [-0.2, -0.15) is 0 Å². The van der Waals surface area contributed by atoms with Crippen molar-refractivity contribution < 1.29 is 9.53 Å². The minimum atomic E-state index is -0.209. The molecule has 0 bridgehead atoms. The van der Waals surface area contributed by atoms with Crippen molar-refractivity contribution in [2.24, 2.45) is 0 Å². The average molecular weight is 168 g/mol. The van der Waals surface area contributed by atoms with Crippen molar-refractivity contribution in [3.8, 4) is 12.3 Å². The minimum absolute atomic E-state index is 0.0280. The molecule has 0 aliphatic carbocycles. The molecular formula is C10H16O2. The Balaban J connectivity index is 3.26. The van der Waals surface area contributed by atoms with E-state index in [1.54, 1.807) is 0 Å². The van der Waals surface area contributed by atoms with Crippen molar-refractivity contribution in [1.29, 1.82) is 0 Å². The third-order valence-corrected chi connectivity index (χ3v) is 1.55. The Bertz CT molecular complexity index is 167. The van der Waals surface area contributed by atoms with Crippen molar-refractivity contribution in [3.05, 3.63) is 0 Å². The fourth-order valence-electron chi connectivity index (χ4n) is 1.00. The fraction of sp³-hybridized carbons (Fsp3) is 0.700. The number of esters is 1. The van der Waals surface area contributed by atoms with Gasteiger partial charge in [0.05, 0.1) is 6.10 Å². The van der Waals surface area contributed by atoms with Gasteiger partial charge in [-0.05, 0) is 26.2 Å². The smallest absolute Gasteiger partial charge is 0.302 e. The maximum absolute atomic E-state index is 10.5. The molecule has 0 aliphatic rings. The van der Waals surface area contributed by atoms with Crippen molar-refractivity contribution in [1.82, 2.24) is 0 Å². The topological polar surface area (TPSA) is 26.3 Å². The number of hydrogen-bond acceptors (Lipinski definition) is 2. The van der Waals surface area contributed by atoms with Gasteiger partial charge >= 0.3 is 5.97 Å². The number of hydrogen-bond donors (Lipinski definition) is 0. The largest absolute Gasteiger partial charge is 0.463 e. The highest BCUT2D eigenvalue weighted by atomic mass is 16.5. The summed E-state index contributed by atoms with van der Waals surface area (Å²) in [5, 5.41) is 0. The van der Waals surface area contributed by atoms with Crippen molar-refractivity contribution in [2.75, 3.05) is 0 Å². The molecule has 0 spiro atoms. The van der Waals surface area contributed by atoms with Crippen molar-refractivity contribution in [3.63, 3.8) is 0 Å². The van der Waals surface area contributed by atoms with Crippen LogP contribution in [-0.4, -0.2) is 12.1 Å². The quantitative estimate of drug-likeness (QED) is 0.357. The first-order valence-corrected chi connectivity index (χ1v) is 4.27. The van der Waals surface area contributed by atoms with Crippen LogP contribution in [0.4, 0.5) is 0 Å². The molecule has 0 saturated carbocycles. The maximum atomic E-state index is 10.5. The van der Waals surface area contributed by atoms with E-state index >= 15 is 0 Å². The van der Waals surface area contributed by atoms with Gasteiger partial charge in [0.2, 0.25) is 0 Å². The summed E-state index contributed by atoms with van der Waals surface area (Å²) in [6.45, 7) is 3.33. The second-order valence-corrected chi connectivity index (χ2v) is 2.87. The summed E-state index contributed by atoms with van der Waals surface area (Å²) in [4.78, 5) is 10.5. The average Bonchev–Trinajstić information content (AvgIpc) is 1.97. The van der Waals surface area contributed by atoms with Gasteiger partial charge in [-0.1, -0.05) is 0 Å². The Kier molecular flexibility index (Phi) is 6.18. The van der Waals surface area contributed by atoms with E-state index in [2.05, 4.69) is 5.92 Å². The van der Waals surface area contributed by atoms with E-state index in [1.165, 1.54) is 6.92 Å². The van der Waals surface area contributed by atoms with Crippen LogP contribution < -0.4 is 0 Å². The number of carbonyl (C=O) groups excluding carboxylic acids is 1. The van der Waals surface area contributed by atoms with Crippen LogP contribution in [0.1, 0.15) is 39.5 Å². The molecule has 2 heteroatoms. The molecule has 0 heterocycles. The Labute approximate surface area is 74.3 Å². The molecule has 0 rings (SSSR count). The van der Waals surface area contributed by atoms with E-state index in [1.807, 2.05) is 6.92 Å². The lowest BCUT2D eigenvalue weighted by molar-refractivity contribution is -0.145. The van der Waals surface area contributed by atoms with Crippen LogP contribution in [0, 0.1) is 12.3 Å². The van der Waals surface area contributed by atoms with E-state index in [9.17, 15) is 4.79 Å². The van der Waals surface area contributed by atoms with Gasteiger partial charge in [-0.15, -0.1) is 12.3 Å². The first-order chi connectivity index (χ1) is 5.66. The standard InChI is InChI=1S/C10H16O2/c1-4-5-6-7-8-9(2)12-10(3)11/h1,9H,5-8H2,2-3H3/t9-/m0/s1. The number of rotatable bonds is 5. The lowest BCUT2D eigenvalue weighted by Gasteiger charge is -2.10. The Hall–Kier alpha value is -0.970. The first-order valence-electron chi connectivity index (χ1n) is 4.27. The van der Waals surface area contributed by atoms with E-state index in [-0.39, 0.29) is 12.1 Å². The number of carbonyl (C=O) groups is 1. The van der Waals surface area contributed by atoms with Crippen LogP contribution in [0.15, 0.2) is 0 Å². The first kappa shape index (κ1) is 11.0. The summed E-state index contributed by atoms with van der Waals surface area (Å²) >= 11 is 0. The fourth-order valence-corrected chi connectivity index (χ4v) is 1.00. The summed E-state index contributed by atoms with van der Waals surface area (Å²) in [6, 6.07) is 0. The van der Waals surface area contributed by atoms with Crippen LogP contribution in [0.5, 0.6) is 0 Å². The Morgan fingerprint density at radius 1 is 1.58 bits per heavy atom. The molecule has 1 atom stereocenters. The molecule has 2 nitrogen and oxygen atoms in total. The van der Waals surface area contributed by atoms with Gasteiger partial charge in [0.25, 0.3) is 0 Å². The monoisotopic (exact) mass is 168 g/mol. The zero-order valence-corrected chi connectivity index (χ0v) is 7.80. The van der Waals surface area contributed by atoms with Crippen LogP contribution in [-0.2, 0) is 9.53 Å². The SMILES string of the molecule is C#CCCCC[C@H](C)OC(C)=O. The third kappa shape index (κ3) is 7.14. The third-order valence-electron chi connectivity index (χ3n) is 1.55. The zero-order valence-electron chi connectivity index (χ0n) is 7.80. The number of unbranched alkanes of at least 4 members (excludes halogenated alkanes) is 2. The van der Waals surface area contributed by atoms with E-state index in [0.29, 0.717) is 0 Å². The molecule has 0 aromatic carbocycles. The molecule has 0 unspecified atom stereocenters. The molecule has 0 aromatic heterocycles. The van der Waals surface area contributed by atoms with Gasteiger partial charge in [-0.25, -0.2) is 0 Å². The number of ether oxygens (including phenoxy) is 1. The summed E-state index contributed by atoms with van der Waals surface area (Å²) < 4.78 is 4.94. The normalized spacial score (nSPS) is 11.8. The molecule has 0 aliphatic heterocycles. The highest BCUT2D eigenvalue weighted by Crippen LogP contribution is 2.05. The Morgan fingerprint density at radius 2 is 2.25 bits per heavy atom. The highest BCUT2D eigenvalue weighted by molar-refractivity contribution is 5.66. The number of terminal acetylenes is 1. The predicted octanol–water partition coefficient (Wildman–Crippen LogP) is 2.13. The van der Waals surface area contributed by atoms with Gasteiger partial charge in [0, 0.05) is 13.3 Å². The van der Waals surface area contributed by atoms with E-state index in [0.717, 1.165) is 25.7 Å². The van der Waals surface area contributed by atoms with Crippen LogP contribution >= 0.6 is 0 Å². The Morgan fingerprint density at radius 3 is 2.75 bits per heavy atom. The molecule has 0 amide bonds. The predicted molar refractivity (Wildman–Crippen MR) is 48.5 cm³/mol. The minimum Gasteiger partial charge on any atom is -0.463 e. The molecule has 0 aromatic rings. The van der Waals surface area contributed by atoms with Gasteiger partial charge in [0.15, 0.2) is 0 Å². The molecule has 0 N–H and O–H groups in total. The van der Waals surface area contributed by atoms with E-state index < -0.39 is 0 Å². The summed E-state index contributed by atoms with van der Waals surface area (Å²) in [5.74, 6) is 2.37. The molecule has 68 valence electrons. The lowest BCUT2D eigenvalue weighted by atomic mass is 10.1. The van der Waals surface area contributed by atoms with Gasteiger partial charge in [-0.3, -0.25) is 4.79 Å². The molecular weight excluding hydrogens is 152 g/mol. The van der Waals surface area contributed by atoms with Crippen LogP contribution in [0.3, 0.4) is 0 Å². The second-order valence-electron chi connectivity index (χ2n) is 2.87. The zero-order chi connectivity index (χ0) is 9.40. The van der Waals surface area contributed by atoms with Gasteiger partial charge < -0.3 is 4.74 Å². The molecule has 0 radical (unpaired) electrons. The van der Waals surface area contributed by atoms with E-state index in [4.69, 9.17) is 11.2 Å². The van der Waals surface area contributed by atoms with Crippen molar-refractivity contribution in [2.45, 2.75) is 45.6 Å². The molecule has 0 fully saturated rings. The highest BCUT2D eigenvalue weighted by Gasteiger charge is 2.03. The molecule has 12 heavy (non-hydrogen) atoms. The van der Waals surface area contributed by atoms with Crippen LogP contribution in [0.2, 0.25) is 0 Å². The summed E-state index contributed by atoms with van der Waals surface area (Å²) in [7, 11) is 0. The van der Waals surface area contributed by atoms with Crippen LogP contribution in [0.25, 0.3) is 0 Å². The van der Waals surface area contributed by atoms with Crippen molar-refractivity contribution >= 4 is 5.97 Å². The molecule has 0 saturated heterocycles. The maximum Gasteiger partial charge on any atom is 0.302 e.